The molecule has 1 amide bonds. The molecule has 1 aromatic carbocycles. The van der Waals surface area contributed by atoms with E-state index < -0.39 is 0 Å². The minimum absolute atomic E-state index is 0.154. The third-order valence-corrected chi connectivity index (χ3v) is 3.10. The van der Waals surface area contributed by atoms with Gasteiger partial charge in [0.15, 0.2) is 0 Å². The number of carbonyl (C=O) groups excluding carboxylic acids is 1. The molecule has 0 fully saturated rings. The van der Waals surface area contributed by atoms with Crippen LogP contribution in [-0.4, -0.2) is 15.5 Å². The molecule has 1 aromatic heterocycles. The van der Waals surface area contributed by atoms with Crippen LogP contribution in [0.2, 0.25) is 0 Å². The average molecular weight is 323 g/mol. The zero-order chi connectivity index (χ0) is 13.8. The summed E-state index contributed by atoms with van der Waals surface area (Å²) in [6.07, 6.45) is 2.92. The summed E-state index contributed by atoms with van der Waals surface area (Å²) in [5.41, 5.74) is 3.25. The lowest BCUT2D eigenvalue weighted by Crippen LogP contribution is -2.29. The second kappa shape index (κ2) is 5.77. The summed E-state index contributed by atoms with van der Waals surface area (Å²) in [6, 6.07) is 6.82. The number of hydrazine groups is 1. The zero-order valence-electron chi connectivity index (χ0n) is 9.84. The third kappa shape index (κ3) is 3.07. The standard InChI is InChI=1S/C12H11BrN4O2/c13-10-5-15-7-17(12(10)19)6-8-1-3-9(4-2-8)11(18)16-14/h1-5,7H,6,14H2,(H,16,18). The van der Waals surface area contributed by atoms with Gasteiger partial charge in [0, 0.05) is 11.8 Å². The number of hydrogen-bond donors (Lipinski definition) is 2. The van der Waals surface area contributed by atoms with Gasteiger partial charge in [-0.05, 0) is 33.6 Å². The number of carbonyl (C=O) groups is 1. The molecule has 0 bridgehead atoms. The molecule has 0 aliphatic rings. The van der Waals surface area contributed by atoms with Gasteiger partial charge in [-0.15, -0.1) is 0 Å². The number of nitrogens with two attached hydrogens (primary N) is 1. The number of amides is 1. The van der Waals surface area contributed by atoms with Crippen molar-refractivity contribution in [3.8, 4) is 0 Å². The molecule has 0 radical (unpaired) electrons. The molecule has 0 aliphatic heterocycles. The van der Waals surface area contributed by atoms with Gasteiger partial charge >= 0.3 is 0 Å². The molecular weight excluding hydrogens is 312 g/mol. The largest absolute Gasteiger partial charge is 0.294 e. The maximum absolute atomic E-state index is 11.8. The lowest BCUT2D eigenvalue weighted by Gasteiger charge is -2.06. The van der Waals surface area contributed by atoms with Crippen molar-refractivity contribution >= 4 is 21.8 Å². The van der Waals surface area contributed by atoms with E-state index in [-0.39, 0.29) is 11.5 Å². The van der Waals surface area contributed by atoms with Crippen molar-refractivity contribution in [2.45, 2.75) is 6.54 Å². The van der Waals surface area contributed by atoms with Crippen LogP contribution in [0.25, 0.3) is 0 Å². The number of nitrogen functional groups attached to an aromatic ring is 1. The smallest absolute Gasteiger partial charge is 0.267 e. The van der Waals surface area contributed by atoms with Crippen LogP contribution in [-0.2, 0) is 6.54 Å². The van der Waals surface area contributed by atoms with Crippen LogP contribution in [0.5, 0.6) is 0 Å². The van der Waals surface area contributed by atoms with Crippen molar-refractivity contribution in [2.24, 2.45) is 5.84 Å². The number of nitrogens with one attached hydrogen (secondary N) is 1. The van der Waals surface area contributed by atoms with E-state index >= 15 is 0 Å². The van der Waals surface area contributed by atoms with E-state index in [1.807, 2.05) is 0 Å². The predicted octanol–water partition coefficient (Wildman–Crippen LogP) is 0.658. The van der Waals surface area contributed by atoms with Gasteiger partial charge in [-0.2, -0.15) is 0 Å². The van der Waals surface area contributed by atoms with Crippen molar-refractivity contribution in [3.05, 3.63) is 62.7 Å². The summed E-state index contributed by atoms with van der Waals surface area (Å²) in [4.78, 5) is 27.0. The van der Waals surface area contributed by atoms with Gasteiger partial charge in [-0.1, -0.05) is 12.1 Å². The van der Waals surface area contributed by atoms with Crippen molar-refractivity contribution in [2.75, 3.05) is 0 Å². The summed E-state index contributed by atoms with van der Waals surface area (Å²) in [6.45, 7) is 0.385. The van der Waals surface area contributed by atoms with Crippen molar-refractivity contribution in [1.29, 1.82) is 0 Å². The fourth-order valence-electron chi connectivity index (χ4n) is 1.58. The lowest BCUT2D eigenvalue weighted by molar-refractivity contribution is 0.0953. The molecule has 0 saturated heterocycles. The Morgan fingerprint density at radius 1 is 1.37 bits per heavy atom. The van der Waals surface area contributed by atoms with E-state index in [0.717, 1.165) is 5.56 Å². The fourth-order valence-corrected chi connectivity index (χ4v) is 1.92. The normalized spacial score (nSPS) is 10.2. The Morgan fingerprint density at radius 2 is 2.05 bits per heavy atom. The van der Waals surface area contributed by atoms with E-state index in [1.165, 1.54) is 17.1 Å². The Kier molecular flexibility index (Phi) is 4.08. The van der Waals surface area contributed by atoms with Crippen LogP contribution in [0, 0.1) is 0 Å². The summed E-state index contributed by atoms with van der Waals surface area (Å²) >= 11 is 3.14. The first-order chi connectivity index (χ1) is 9.11. The second-order valence-corrected chi connectivity index (χ2v) is 4.70. The molecule has 0 aliphatic carbocycles. The summed E-state index contributed by atoms with van der Waals surface area (Å²) in [5.74, 6) is 4.69. The topological polar surface area (TPSA) is 90.0 Å². The lowest BCUT2D eigenvalue weighted by atomic mass is 10.1. The Labute approximate surface area is 117 Å². The molecule has 0 saturated carbocycles. The molecule has 2 aromatic rings. The first kappa shape index (κ1) is 13.4. The van der Waals surface area contributed by atoms with E-state index in [1.54, 1.807) is 24.3 Å². The van der Waals surface area contributed by atoms with Gasteiger partial charge in [0.1, 0.15) is 4.47 Å². The number of aromatic nitrogens is 2. The van der Waals surface area contributed by atoms with Gasteiger partial charge in [0.2, 0.25) is 0 Å². The second-order valence-electron chi connectivity index (χ2n) is 3.85. The van der Waals surface area contributed by atoms with E-state index in [4.69, 9.17) is 5.84 Å². The first-order valence-corrected chi connectivity index (χ1v) is 6.21. The average Bonchev–Trinajstić information content (AvgIpc) is 2.44. The maximum atomic E-state index is 11.8. The monoisotopic (exact) mass is 322 g/mol. The van der Waals surface area contributed by atoms with Gasteiger partial charge in [-0.3, -0.25) is 19.6 Å². The van der Waals surface area contributed by atoms with Crippen molar-refractivity contribution in [1.82, 2.24) is 15.0 Å². The fraction of sp³-hybridized carbons (Fsp3) is 0.0833. The highest BCUT2D eigenvalue weighted by atomic mass is 79.9. The molecule has 6 nitrogen and oxygen atoms in total. The van der Waals surface area contributed by atoms with Crippen LogP contribution < -0.4 is 16.8 Å². The van der Waals surface area contributed by atoms with Crippen LogP contribution in [0.1, 0.15) is 15.9 Å². The minimum Gasteiger partial charge on any atom is -0.294 e. The molecule has 2 rings (SSSR count). The molecule has 0 atom stereocenters. The van der Waals surface area contributed by atoms with E-state index in [0.29, 0.717) is 16.6 Å². The zero-order valence-corrected chi connectivity index (χ0v) is 11.4. The maximum Gasteiger partial charge on any atom is 0.267 e. The van der Waals surface area contributed by atoms with E-state index in [2.05, 4.69) is 26.3 Å². The predicted molar refractivity (Wildman–Crippen MR) is 73.4 cm³/mol. The molecule has 98 valence electrons. The summed E-state index contributed by atoms with van der Waals surface area (Å²) in [5, 5.41) is 0. The number of rotatable bonds is 3. The highest BCUT2D eigenvalue weighted by Gasteiger charge is 2.05. The molecule has 0 unspecified atom stereocenters. The van der Waals surface area contributed by atoms with Crippen LogP contribution in [0.15, 0.2) is 46.1 Å². The van der Waals surface area contributed by atoms with Crippen LogP contribution in [0.4, 0.5) is 0 Å². The molecule has 7 heteroatoms. The molecular formula is C12H11BrN4O2. The third-order valence-electron chi connectivity index (χ3n) is 2.56. The van der Waals surface area contributed by atoms with Gasteiger partial charge < -0.3 is 0 Å². The Bertz CT molecular complexity index is 652. The van der Waals surface area contributed by atoms with E-state index in [9.17, 15) is 9.59 Å². The Hall–Kier alpha value is -1.99. The molecule has 3 N–H and O–H groups in total. The van der Waals surface area contributed by atoms with Crippen LogP contribution in [0.3, 0.4) is 0 Å². The van der Waals surface area contributed by atoms with Gasteiger partial charge in [0.25, 0.3) is 11.5 Å². The highest BCUT2D eigenvalue weighted by Crippen LogP contribution is 2.06. The highest BCUT2D eigenvalue weighted by molar-refractivity contribution is 9.10. The molecule has 19 heavy (non-hydrogen) atoms. The minimum atomic E-state index is -0.354. The van der Waals surface area contributed by atoms with Crippen molar-refractivity contribution < 1.29 is 4.79 Å². The van der Waals surface area contributed by atoms with Crippen LogP contribution >= 0.6 is 15.9 Å². The number of benzene rings is 1. The Balaban J connectivity index is 2.22. The quantitative estimate of drug-likeness (QED) is 0.493. The van der Waals surface area contributed by atoms with Gasteiger partial charge in [0.05, 0.1) is 12.9 Å². The van der Waals surface area contributed by atoms with Gasteiger partial charge in [-0.25, -0.2) is 10.8 Å². The number of halogens is 1. The first-order valence-electron chi connectivity index (χ1n) is 5.41. The SMILES string of the molecule is NNC(=O)c1ccc(Cn2cncc(Br)c2=O)cc1. The number of hydrogen-bond acceptors (Lipinski definition) is 4. The van der Waals surface area contributed by atoms with Crippen molar-refractivity contribution in [3.63, 3.8) is 0 Å². The summed E-state index contributed by atoms with van der Waals surface area (Å²) < 4.78 is 1.89. The molecule has 1 heterocycles. The number of nitrogens with zero attached hydrogens (tertiary/aromatic N) is 2. The molecule has 0 spiro atoms. The Morgan fingerprint density at radius 3 is 2.68 bits per heavy atom. The summed E-state index contributed by atoms with van der Waals surface area (Å²) in [7, 11) is 0.